The van der Waals surface area contributed by atoms with Gasteiger partial charge in [0.25, 0.3) is 5.91 Å². The number of nitrogens with zero attached hydrogens (tertiary/aromatic N) is 5. The van der Waals surface area contributed by atoms with Crippen LogP contribution in [0.2, 0.25) is 0 Å². The predicted molar refractivity (Wildman–Crippen MR) is 159 cm³/mol. The van der Waals surface area contributed by atoms with Crippen LogP contribution in [0.1, 0.15) is 21.5 Å². The second-order valence-electron chi connectivity index (χ2n) is 10.1. The maximum Gasteiger partial charge on any atom is 0.254 e. The van der Waals surface area contributed by atoms with E-state index < -0.39 is 0 Å². The fourth-order valence-electron chi connectivity index (χ4n) is 5.11. The molecular formula is C32H31N5O5. The first-order valence-corrected chi connectivity index (χ1v) is 13.4. The van der Waals surface area contributed by atoms with Gasteiger partial charge in [-0.3, -0.25) is 4.79 Å². The molecule has 5 aromatic rings. The maximum atomic E-state index is 14.1. The van der Waals surface area contributed by atoms with E-state index in [0.29, 0.717) is 47.2 Å². The van der Waals surface area contributed by atoms with Crippen LogP contribution in [0, 0.1) is 0 Å². The molecule has 0 saturated heterocycles. The Bertz CT molecular complexity index is 1740. The fraction of sp³-hybridized carbons (Fsp3) is 0.219. The Labute approximate surface area is 243 Å². The van der Waals surface area contributed by atoms with Gasteiger partial charge in [0, 0.05) is 56.1 Å². The number of hydrogen-bond donors (Lipinski definition) is 0. The van der Waals surface area contributed by atoms with Gasteiger partial charge < -0.3 is 28.7 Å². The third-order valence-corrected chi connectivity index (χ3v) is 7.17. The highest BCUT2D eigenvalue weighted by Crippen LogP contribution is 2.36. The van der Waals surface area contributed by atoms with Gasteiger partial charge in [-0.25, -0.2) is 9.67 Å². The number of carbonyl (C=O) groups is 1. The maximum absolute atomic E-state index is 14.1. The molecule has 3 aromatic carbocycles. The molecule has 0 N–H and O–H groups in total. The fourth-order valence-corrected chi connectivity index (χ4v) is 5.11. The van der Waals surface area contributed by atoms with Crippen LogP contribution in [0.25, 0.3) is 16.6 Å². The van der Waals surface area contributed by atoms with Crippen LogP contribution in [0.15, 0.2) is 79.1 Å². The van der Waals surface area contributed by atoms with E-state index >= 15 is 0 Å². The summed E-state index contributed by atoms with van der Waals surface area (Å²) in [6.45, 7) is 0.825. The molecule has 0 unspecified atom stereocenters. The normalized spacial score (nSPS) is 11.9. The molecular weight excluding hydrogens is 534 g/mol. The Kier molecular flexibility index (Phi) is 7.26. The minimum atomic E-state index is -0.123. The summed E-state index contributed by atoms with van der Waals surface area (Å²) in [6, 6.07) is 20.8. The highest BCUT2D eigenvalue weighted by atomic mass is 16.7. The Morgan fingerprint density at radius 1 is 0.929 bits per heavy atom. The van der Waals surface area contributed by atoms with Crippen molar-refractivity contribution in [2.24, 2.45) is 0 Å². The van der Waals surface area contributed by atoms with E-state index in [-0.39, 0.29) is 12.7 Å². The molecule has 42 heavy (non-hydrogen) atoms. The highest BCUT2D eigenvalue weighted by Gasteiger charge is 2.23. The smallest absolute Gasteiger partial charge is 0.254 e. The third-order valence-electron chi connectivity index (χ3n) is 7.17. The summed E-state index contributed by atoms with van der Waals surface area (Å²) >= 11 is 0. The molecule has 10 heteroatoms. The first kappa shape index (κ1) is 26.9. The lowest BCUT2D eigenvalue weighted by molar-refractivity contribution is 0.0730. The van der Waals surface area contributed by atoms with E-state index in [9.17, 15) is 4.79 Å². The summed E-state index contributed by atoms with van der Waals surface area (Å²) in [6.07, 6.45) is 3.58. The second kappa shape index (κ2) is 11.3. The van der Waals surface area contributed by atoms with E-state index in [0.717, 1.165) is 28.0 Å². The van der Waals surface area contributed by atoms with Gasteiger partial charge in [0.2, 0.25) is 6.79 Å². The number of aromatic nitrogens is 3. The summed E-state index contributed by atoms with van der Waals surface area (Å²) in [5.74, 6) is 3.29. The van der Waals surface area contributed by atoms with Crippen molar-refractivity contribution in [3.8, 4) is 28.7 Å². The number of ether oxygens (including phenoxy) is 4. The summed E-state index contributed by atoms with van der Waals surface area (Å²) in [7, 11) is 7.11. The van der Waals surface area contributed by atoms with E-state index in [2.05, 4.69) is 5.10 Å². The SMILES string of the molecule is COc1ccc(OC)c2nc(N(C)C)c(CN(Cc3ccc4c(c3)OCO4)C(=O)c3ccc(-n4cccn4)cc3)cc12. The number of fused-ring (bicyclic) bond motifs is 2. The summed E-state index contributed by atoms with van der Waals surface area (Å²) in [5.41, 5.74) is 3.90. The topological polar surface area (TPSA) is 91.2 Å². The molecule has 0 saturated carbocycles. The number of amides is 1. The lowest BCUT2D eigenvalue weighted by Crippen LogP contribution is -2.31. The van der Waals surface area contributed by atoms with Crippen molar-refractivity contribution in [3.05, 3.63) is 95.8 Å². The molecule has 0 atom stereocenters. The number of methoxy groups -OCH3 is 2. The molecule has 0 spiro atoms. The number of benzene rings is 3. The van der Waals surface area contributed by atoms with Crippen LogP contribution in [0.3, 0.4) is 0 Å². The zero-order valence-electron chi connectivity index (χ0n) is 23.9. The lowest BCUT2D eigenvalue weighted by Gasteiger charge is -2.26. The Hall–Kier alpha value is -5.25. The Morgan fingerprint density at radius 2 is 1.69 bits per heavy atom. The van der Waals surface area contributed by atoms with Crippen LogP contribution in [0.4, 0.5) is 5.82 Å². The molecule has 2 aromatic heterocycles. The first-order chi connectivity index (χ1) is 20.4. The molecule has 214 valence electrons. The molecule has 10 nitrogen and oxygen atoms in total. The third kappa shape index (κ3) is 5.14. The van der Waals surface area contributed by atoms with Crippen molar-refractivity contribution in [1.82, 2.24) is 19.7 Å². The molecule has 6 rings (SSSR count). The van der Waals surface area contributed by atoms with Gasteiger partial charge in [-0.15, -0.1) is 0 Å². The van der Waals surface area contributed by atoms with E-state index in [4.69, 9.17) is 23.9 Å². The zero-order valence-corrected chi connectivity index (χ0v) is 23.9. The molecule has 1 amide bonds. The summed E-state index contributed by atoms with van der Waals surface area (Å²) < 4.78 is 24.1. The van der Waals surface area contributed by atoms with Crippen LogP contribution in [-0.2, 0) is 13.1 Å². The molecule has 0 bridgehead atoms. The van der Waals surface area contributed by atoms with Gasteiger partial charge in [-0.05, 0) is 66.2 Å². The van der Waals surface area contributed by atoms with Gasteiger partial charge in [0.05, 0.1) is 19.9 Å². The second-order valence-corrected chi connectivity index (χ2v) is 10.1. The van der Waals surface area contributed by atoms with Crippen LogP contribution >= 0.6 is 0 Å². The van der Waals surface area contributed by atoms with Gasteiger partial charge in [-0.2, -0.15) is 5.10 Å². The average molecular weight is 566 g/mol. The van der Waals surface area contributed by atoms with Crippen molar-refractivity contribution in [1.29, 1.82) is 0 Å². The number of pyridine rings is 1. The molecule has 0 aliphatic carbocycles. The first-order valence-electron chi connectivity index (χ1n) is 13.4. The van der Waals surface area contributed by atoms with Gasteiger partial charge in [0.1, 0.15) is 22.8 Å². The van der Waals surface area contributed by atoms with Crippen LogP contribution < -0.4 is 23.8 Å². The zero-order chi connectivity index (χ0) is 29.2. The Morgan fingerprint density at radius 3 is 2.40 bits per heavy atom. The lowest BCUT2D eigenvalue weighted by atomic mass is 10.1. The van der Waals surface area contributed by atoms with Crippen molar-refractivity contribution in [2.75, 3.05) is 40.0 Å². The minimum absolute atomic E-state index is 0.123. The summed E-state index contributed by atoms with van der Waals surface area (Å²) in [4.78, 5) is 22.8. The minimum Gasteiger partial charge on any atom is -0.496 e. The monoisotopic (exact) mass is 565 g/mol. The van der Waals surface area contributed by atoms with Crippen molar-refractivity contribution < 1.29 is 23.7 Å². The molecule has 1 aliphatic rings. The summed E-state index contributed by atoms with van der Waals surface area (Å²) in [5, 5.41) is 5.08. The average Bonchev–Trinajstić information content (AvgIpc) is 3.72. The van der Waals surface area contributed by atoms with Gasteiger partial charge >= 0.3 is 0 Å². The number of anilines is 1. The predicted octanol–water partition coefficient (Wildman–Crippen LogP) is 5.08. The van der Waals surface area contributed by atoms with E-state index in [1.165, 1.54) is 0 Å². The number of rotatable bonds is 9. The van der Waals surface area contributed by atoms with Gasteiger partial charge in [0.15, 0.2) is 11.5 Å². The van der Waals surface area contributed by atoms with E-state index in [1.807, 2.05) is 96.8 Å². The van der Waals surface area contributed by atoms with E-state index in [1.54, 1.807) is 25.1 Å². The standard InChI is InChI=1S/C32H31N5O5/c1-35(2)31-23(17-25-26(39-3)12-13-28(40-4)30(25)34-31)19-36(18-21-6-11-27-29(16-21)42-20-41-27)32(38)22-7-9-24(10-8-22)37-15-5-14-33-37/h5-17H,18-20H2,1-4H3. The van der Waals surface area contributed by atoms with Crippen molar-refractivity contribution >= 4 is 22.6 Å². The molecule has 0 fully saturated rings. The molecule has 1 aliphatic heterocycles. The number of carbonyl (C=O) groups excluding carboxylic acids is 1. The molecule has 3 heterocycles. The van der Waals surface area contributed by atoms with Crippen LogP contribution in [0.5, 0.6) is 23.0 Å². The van der Waals surface area contributed by atoms with Gasteiger partial charge in [-0.1, -0.05) is 6.07 Å². The Balaban J connectivity index is 1.41. The highest BCUT2D eigenvalue weighted by molar-refractivity contribution is 5.95. The number of hydrogen-bond acceptors (Lipinski definition) is 8. The van der Waals surface area contributed by atoms with Crippen LogP contribution in [-0.4, -0.2) is 60.7 Å². The molecule has 0 radical (unpaired) electrons. The van der Waals surface area contributed by atoms with Crippen molar-refractivity contribution in [2.45, 2.75) is 13.1 Å². The van der Waals surface area contributed by atoms with Crippen molar-refractivity contribution in [3.63, 3.8) is 0 Å². The largest absolute Gasteiger partial charge is 0.496 e. The quantitative estimate of drug-likeness (QED) is 0.245.